The lowest BCUT2D eigenvalue weighted by Gasteiger charge is -2.39. The molecule has 3 rings (SSSR count). The second kappa shape index (κ2) is 4.70. The fraction of sp³-hybridized carbons (Fsp3) is 0.429. The molecule has 0 saturated carbocycles. The number of aromatic carboxylic acids is 1. The van der Waals surface area contributed by atoms with E-state index in [0.717, 1.165) is 6.42 Å². The fourth-order valence-corrected chi connectivity index (χ4v) is 3.08. The molecule has 2 saturated heterocycles. The minimum absolute atomic E-state index is 0.204. The quantitative estimate of drug-likeness (QED) is 0.779. The molecule has 2 fully saturated rings. The molecule has 1 aromatic carbocycles. The van der Waals surface area contributed by atoms with Crippen LogP contribution < -0.4 is 10.6 Å². The number of anilines is 2. The van der Waals surface area contributed by atoms with E-state index in [2.05, 4.69) is 0 Å². The molecule has 0 bridgehead atoms. The van der Waals surface area contributed by atoms with Crippen LogP contribution in [0.15, 0.2) is 18.2 Å². The van der Waals surface area contributed by atoms with Crippen molar-refractivity contribution in [2.75, 3.05) is 30.3 Å². The molecule has 106 valence electrons. The molecule has 1 unspecified atom stereocenters. The Morgan fingerprint density at radius 2 is 2.15 bits per heavy atom. The van der Waals surface area contributed by atoms with Gasteiger partial charge in [-0.05, 0) is 24.6 Å². The smallest absolute Gasteiger partial charge is 0.337 e. The number of nitrogens with two attached hydrogens (primary N) is 1. The largest absolute Gasteiger partial charge is 0.478 e. The Bertz CT molecular complexity index is 573. The molecule has 6 nitrogen and oxygen atoms in total. The van der Waals surface area contributed by atoms with Gasteiger partial charge in [0.1, 0.15) is 0 Å². The van der Waals surface area contributed by atoms with Gasteiger partial charge in [-0.1, -0.05) is 0 Å². The molecule has 0 spiro atoms. The molecule has 20 heavy (non-hydrogen) atoms. The molecular weight excluding hydrogens is 258 g/mol. The number of carboxylic acid groups (broad SMARTS) is 1. The van der Waals surface area contributed by atoms with Gasteiger partial charge in [-0.3, -0.25) is 4.79 Å². The summed E-state index contributed by atoms with van der Waals surface area (Å²) in [5, 5.41) is 9.30. The first kappa shape index (κ1) is 12.8. The third kappa shape index (κ3) is 2.07. The Morgan fingerprint density at radius 1 is 1.35 bits per heavy atom. The molecule has 0 aliphatic carbocycles. The van der Waals surface area contributed by atoms with Crippen LogP contribution >= 0.6 is 0 Å². The number of amides is 1. The van der Waals surface area contributed by atoms with Crippen molar-refractivity contribution in [1.82, 2.24) is 4.90 Å². The molecule has 2 heterocycles. The number of rotatable bonds is 2. The van der Waals surface area contributed by atoms with Gasteiger partial charge in [-0.2, -0.15) is 0 Å². The molecule has 3 N–H and O–H groups in total. The first-order valence-electron chi connectivity index (χ1n) is 6.73. The van der Waals surface area contributed by atoms with Crippen LogP contribution in [0.5, 0.6) is 0 Å². The van der Waals surface area contributed by atoms with Gasteiger partial charge >= 0.3 is 5.97 Å². The predicted molar refractivity (Wildman–Crippen MR) is 74.8 cm³/mol. The minimum Gasteiger partial charge on any atom is -0.478 e. The van der Waals surface area contributed by atoms with Crippen LogP contribution in [-0.2, 0) is 4.79 Å². The summed E-state index contributed by atoms with van der Waals surface area (Å²) >= 11 is 0. The van der Waals surface area contributed by atoms with Crippen molar-refractivity contribution >= 4 is 23.3 Å². The van der Waals surface area contributed by atoms with Gasteiger partial charge < -0.3 is 20.6 Å². The van der Waals surface area contributed by atoms with E-state index in [4.69, 9.17) is 5.73 Å². The van der Waals surface area contributed by atoms with Gasteiger partial charge in [0.05, 0.1) is 11.3 Å². The van der Waals surface area contributed by atoms with Crippen LogP contribution in [-0.4, -0.2) is 47.6 Å². The Balaban J connectivity index is 1.87. The highest BCUT2D eigenvalue weighted by Crippen LogP contribution is 2.29. The maximum Gasteiger partial charge on any atom is 0.337 e. The number of carbonyl (C=O) groups excluding carboxylic acids is 1. The zero-order chi connectivity index (χ0) is 14.3. The zero-order valence-corrected chi connectivity index (χ0v) is 11.1. The second-order valence-electron chi connectivity index (χ2n) is 5.31. The molecule has 1 amide bonds. The van der Waals surface area contributed by atoms with Gasteiger partial charge in [-0.25, -0.2) is 4.79 Å². The lowest BCUT2D eigenvalue weighted by Crippen LogP contribution is -2.51. The maximum atomic E-state index is 11.7. The summed E-state index contributed by atoms with van der Waals surface area (Å²) in [6, 6.07) is 5.17. The Labute approximate surface area is 116 Å². The van der Waals surface area contributed by atoms with E-state index in [1.54, 1.807) is 12.1 Å². The predicted octanol–water partition coefficient (Wildman–Crippen LogP) is 0.778. The average Bonchev–Trinajstić information content (AvgIpc) is 2.80. The van der Waals surface area contributed by atoms with E-state index in [0.29, 0.717) is 37.4 Å². The van der Waals surface area contributed by atoms with Crippen LogP contribution in [0.4, 0.5) is 11.4 Å². The minimum atomic E-state index is -0.975. The molecular formula is C14H17N3O3. The zero-order valence-electron chi connectivity index (χ0n) is 11.1. The lowest BCUT2D eigenvalue weighted by atomic mass is 10.1. The van der Waals surface area contributed by atoms with Gasteiger partial charge in [0, 0.05) is 37.8 Å². The maximum absolute atomic E-state index is 11.7. The highest BCUT2D eigenvalue weighted by Gasteiger charge is 2.36. The number of nitrogen functional groups attached to an aromatic ring is 1. The van der Waals surface area contributed by atoms with E-state index >= 15 is 0 Å². The second-order valence-corrected chi connectivity index (χ2v) is 5.31. The Morgan fingerprint density at radius 3 is 2.90 bits per heavy atom. The van der Waals surface area contributed by atoms with E-state index in [1.165, 1.54) is 6.07 Å². The van der Waals surface area contributed by atoms with Gasteiger partial charge in [0.25, 0.3) is 0 Å². The summed E-state index contributed by atoms with van der Waals surface area (Å²) in [7, 11) is 0. The van der Waals surface area contributed by atoms with Crippen molar-refractivity contribution in [3.63, 3.8) is 0 Å². The van der Waals surface area contributed by atoms with Gasteiger partial charge in [-0.15, -0.1) is 0 Å². The summed E-state index contributed by atoms with van der Waals surface area (Å²) in [6.07, 6.45) is 1.46. The molecule has 6 heteroatoms. The number of piperazine rings is 1. The van der Waals surface area contributed by atoms with E-state index in [-0.39, 0.29) is 17.5 Å². The van der Waals surface area contributed by atoms with Crippen molar-refractivity contribution in [2.45, 2.75) is 18.9 Å². The Hall–Kier alpha value is -2.24. The van der Waals surface area contributed by atoms with Gasteiger partial charge in [0.2, 0.25) is 5.91 Å². The van der Waals surface area contributed by atoms with Crippen molar-refractivity contribution < 1.29 is 14.7 Å². The standard InChI is InChI=1S/C14H17N3O3/c15-9-1-3-12(11(7-9)14(19)20)16-5-6-17-10(8-16)2-4-13(17)18/h1,3,7,10H,2,4-6,8,15H2,(H,19,20). The number of nitrogens with zero attached hydrogens (tertiary/aromatic N) is 2. The Kier molecular flexibility index (Phi) is 3.00. The summed E-state index contributed by atoms with van der Waals surface area (Å²) < 4.78 is 0. The van der Waals surface area contributed by atoms with Crippen LogP contribution in [0.2, 0.25) is 0 Å². The van der Waals surface area contributed by atoms with E-state index in [1.807, 2.05) is 9.80 Å². The van der Waals surface area contributed by atoms with E-state index < -0.39 is 5.97 Å². The number of benzene rings is 1. The highest BCUT2D eigenvalue weighted by molar-refractivity contribution is 5.95. The fourth-order valence-electron chi connectivity index (χ4n) is 3.08. The summed E-state index contributed by atoms with van der Waals surface area (Å²) in [5.74, 6) is -0.761. The van der Waals surface area contributed by atoms with Crippen molar-refractivity contribution in [3.05, 3.63) is 23.8 Å². The van der Waals surface area contributed by atoms with Crippen molar-refractivity contribution in [1.29, 1.82) is 0 Å². The topological polar surface area (TPSA) is 86.9 Å². The summed E-state index contributed by atoms with van der Waals surface area (Å²) in [5.41, 5.74) is 7.02. The number of fused-ring (bicyclic) bond motifs is 1. The summed E-state index contributed by atoms with van der Waals surface area (Å²) in [6.45, 7) is 2.01. The number of carbonyl (C=O) groups is 2. The first-order valence-corrected chi connectivity index (χ1v) is 6.73. The lowest BCUT2D eigenvalue weighted by molar-refractivity contribution is -0.129. The van der Waals surface area contributed by atoms with Gasteiger partial charge in [0.15, 0.2) is 0 Å². The first-order chi connectivity index (χ1) is 9.56. The highest BCUT2D eigenvalue weighted by atomic mass is 16.4. The summed E-state index contributed by atoms with van der Waals surface area (Å²) in [4.78, 5) is 27.0. The average molecular weight is 275 g/mol. The third-order valence-corrected chi connectivity index (χ3v) is 4.09. The van der Waals surface area contributed by atoms with Crippen LogP contribution in [0, 0.1) is 0 Å². The third-order valence-electron chi connectivity index (χ3n) is 4.09. The SMILES string of the molecule is Nc1ccc(N2CCN3C(=O)CCC3C2)c(C(=O)O)c1. The normalized spacial score (nSPS) is 22.0. The molecule has 0 aromatic heterocycles. The number of hydrogen-bond acceptors (Lipinski definition) is 4. The van der Waals surface area contributed by atoms with Crippen LogP contribution in [0.3, 0.4) is 0 Å². The van der Waals surface area contributed by atoms with Crippen molar-refractivity contribution in [3.8, 4) is 0 Å². The van der Waals surface area contributed by atoms with Crippen molar-refractivity contribution in [2.24, 2.45) is 0 Å². The molecule has 1 aromatic rings. The number of carboxylic acids is 1. The molecule has 0 radical (unpaired) electrons. The molecule has 1 atom stereocenters. The van der Waals surface area contributed by atoms with Crippen LogP contribution in [0.25, 0.3) is 0 Å². The van der Waals surface area contributed by atoms with E-state index in [9.17, 15) is 14.7 Å². The monoisotopic (exact) mass is 275 g/mol. The molecule has 2 aliphatic heterocycles. The van der Waals surface area contributed by atoms with Crippen LogP contribution in [0.1, 0.15) is 23.2 Å². The molecule has 2 aliphatic rings. The number of hydrogen-bond donors (Lipinski definition) is 2.